The quantitative estimate of drug-likeness (QED) is 0.860. The molecule has 22 heavy (non-hydrogen) atoms. The lowest BCUT2D eigenvalue weighted by molar-refractivity contribution is -0.137. The van der Waals surface area contributed by atoms with Gasteiger partial charge in [-0.25, -0.2) is 0 Å². The first-order valence-electron chi connectivity index (χ1n) is 8.34. The number of carbonyl (C=O) groups is 1. The Hall–Kier alpha value is -1.55. The van der Waals surface area contributed by atoms with E-state index in [2.05, 4.69) is 26.0 Å². The third-order valence-electron chi connectivity index (χ3n) is 5.85. The molecule has 0 radical (unpaired) electrons. The van der Waals surface area contributed by atoms with Gasteiger partial charge >= 0.3 is 0 Å². The van der Waals surface area contributed by atoms with Crippen LogP contribution in [0.4, 0.5) is 0 Å². The summed E-state index contributed by atoms with van der Waals surface area (Å²) in [6, 6.07) is 4.49. The molecule has 4 heteroatoms. The fourth-order valence-electron chi connectivity index (χ4n) is 4.34. The minimum atomic E-state index is -0.341. The van der Waals surface area contributed by atoms with Gasteiger partial charge in [0.2, 0.25) is 0 Å². The number of carbonyl (C=O) groups excluding carboxylic acids is 1. The van der Waals surface area contributed by atoms with E-state index in [4.69, 9.17) is 10.5 Å². The number of benzene rings is 1. The van der Waals surface area contributed by atoms with Gasteiger partial charge < -0.3 is 15.4 Å². The van der Waals surface area contributed by atoms with Crippen LogP contribution in [0.25, 0.3) is 0 Å². The Morgan fingerprint density at radius 2 is 2.00 bits per heavy atom. The van der Waals surface area contributed by atoms with Crippen LogP contribution in [-0.2, 0) is 11.2 Å². The van der Waals surface area contributed by atoms with Gasteiger partial charge in [-0.05, 0) is 61.3 Å². The van der Waals surface area contributed by atoms with Crippen LogP contribution in [0.5, 0.6) is 5.75 Å². The van der Waals surface area contributed by atoms with Crippen molar-refractivity contribution in [3.8, 4) is 5.75 Å². The maximum absolute atomic E-state index is 12.8. The number of amides is 1. The number of nitrogens with two attached hydrogens (primary N) is 1. The summed E-state index contributed by atoms with van der Waals surface area (Å²) in [5.41, 5.74) is 9.81. The summed E-state index contributed by atoms with van der Waals surface area (Å²) in [5.74, 6) is 2.13. The summed E-state index contributed by atoms with van der Waals surface area (Å²) >= 11 is 0. The molecule has 1 aliphatic carbocycles. The van der Waals surface area contributed by atoms with E-state index in [1.807, 2.05) is 4.90 Å². The summed E-state index contributed by atoms with van der Waals surface area (Å²) in [4.78, 5) is 14.8. The number of rotatable bonds is 1. The molecule has 2 aliphatic heterocycles. The second kappa shape index (κ2) is 4.98. The maximum Gasteiger partial charge on any atom is 0.264 e. The van der Waals surface area contributed by atoms with Gasteiger partial charge in [-0.2, -0.15) is 0 Å². The predicted molar refractivity (Wildman–Crippen MR) is 84.8 cm³/mol. The zero-order chi connectivity index (χ0) is 15.4. The van der Waals surface area contributed by atoms with Gasteiger partial charge in [-0.15, -0.1) is 0 Å². The van der Waals surface area contributed by atoms with Gasteiger partial charge in [-0.3, -0.25) is 4.79 Å². The largest absolute Gasteiger partial charge is 0.480 e. The molecule has 0 spiro atoms. The summed E-state index contributed by atoms with van der Waals surface area (Å²) < 4.78 is 5.94. The zero-order valence-electron chi connectivity index (χ0n) is 13.3. The first kappa shape index (κ1) is 14.1. The Morgan fingerprint density at radius 3 is 2.77 bits per heavy atom. The molecule has 118 valence electrons. The number of hydrogen-bond donors (Lipinski definition) is 1. The molecule has 4 atom stereocenters. The van der Waals surface area contributed by atoms with E-state index in [1.165, 1.54) is 17.5 Å². The topological polar surface area (TPSA) is 55.6 Å². The van der Waals surface area contributed by atoms with Crippen molar-refractivity contribution in [2.75, 3.05) is 13.1 Å². The molecule has 3 aliphatic rings. The van der Waals surface area contributed by atoms with E-state index >= 15 is 0 Å². The van der Waals surface area contributed by atoms with Crippen LogP contribution in [0.3, 0.4) is 0 Å². The lowest BCUT2D eigenvalue weighted by Gasteiger charge is -2.22. The first-order valence-corrected chi connectivity index (χ1v) is 8.34. The zero-order valence-corrected chi connectivity index (χ0v) is 13.3. The molecule has 1 saturated heterocycles. The van der Waals surface area contributed by atoms with Crippen LogP contribution in [0, 0.1) is 25.7 Å². The minimum absolute atomic E-state index is 0.146. The third kappa shape index (κ3) is 2.12. The van der Waals surface area contributed by atoms with E-state index < -0.39 is 0 Å². The van der Waals surface area contributed by atoms with Crippen molar-refractivity contribution in [3.63, 3.8) is 0 Å². The van der Waals surface area contributed by atoms with Gasteiger partial charge in [0.15, 0.2) is 6.10 Å². The molecule has 2 heterocycles. The first-order chi connectivity index (χ1) is 10.5. The highest BCUT2D eigenvalue weighted by molar-refractivity contribution is 5.83. The molecule has 4 unspecified atom stereocenters. The van der Waals surface area contributed by atoms with E-state index in [1.54, 1.807) is 0 Å². The van der Waals surface area contributed by atoms with Crippen LogP contribution >= 0.6 is 0 Å². The number of aryl methyl sites for hydroxylation is 2. The maximum atomic E-state index is 12.8. The number of nitrogens with zero attached hydrogens (tertiary/aromatic N) is 1. The second-order valence-electron chi connectivity index (χ2n) is 7.26. The highest BCUT2D eigenvalue weighted by Crippen LogP contribution is 2.38. The highest BCUT2D eigenvalue weighted by atomic mass is 16.5. The van der Waals surface area contributed by atoms with Gasteiger partial charge in [0.25, 0.3) is 5.91 Å². The molecule has 1 aromatic rings. The van der Waals surface area contributed by atoms with Crippen molar-refractivity contribution in [3.05, 3.63) is 28.8 Å². The Labute approximate surface area is 131 Å². The van der Waals surface area contributed by atoms with E-state index in [0.29, 0.717) is 18.3 Å². The SMILES string of the molecule is Cc1cc2c(cc1C)OC(C(=O)N1CC3CCC(N)C3C1)C2. The lowest BCUT2D eigenvalue weighted by Crippen LogP contribution is -2.41. The van der Waals surface area contributed by atoms with Crippen LogP contribution in [0.1, 0.15) is 29.5 Å². The molecule has 1 amide bonds. The van der Waals surface area contributed by atoms with Crippen molar-refractivity contribution >= 4 is 5.91 Å². The second-order valence-corrected chi connectivity index (χ2v) is 7.26. The fraction of sp³-hybridized carbons (Fsp3) is 0.611. The number of hydrogen-bond acceptors (Lipinski definition) is 3. The predicted octanol–water partition coefficient (Wildman–Crippen LogP) is 1.80. The smallest absolute Gasteiger partial charge is 0.264 e. The summed E-state index contributed by atoms with van der Waals surface area (Å²) in [5, 5.41) is 0. The summed E-state index contributed by atoms with van der Waals surface area (Å²) in [6.07, 6.45) is 2.64. The molecule has 0 aromatic heterocycles. The average Bonchev–Trinajstić information content (AvgIpc) is 3.15. The van der Waals surface area contributed by atoms with Gasteiger partial charge in [-0.1, -0.05) is 6.07 Å². The Kier molecular flexibility index (Phi) is 3.19. The van der Waals surface area contributed by atoms with Crippen molar-refractivity contribution in [1.82, 2.24) is 4.90 Å². The molecular weight excluding hydrogens is 276 g/mol. The molecule has 1 aromatic carbocycles. The van der Waals surface area contributed by atoms with Gasteiger partial charge in [0.1, 0.15) is 5.75 Å². The van der Waals surface area contributed by atoms with Gasteiger partial charge in [0, 0.05) is 25.6 Å². The van der Waals surface area contributed by atoms with Crippen LogP contribution in [0.2, 0.25) is 0 Å². The lowest BCUT2D eigenvalue weighted by atomic mass is 9.98. The van der Waals surface area contributed by atoms with Crippen LogP contribution < -0.4 is 10.5 Å². The van der Waals surface area contributed by atoms with Crippen molar-refractivity contribution in [2.45, 2.75) is 45.3 Å². The Bertz CT molecular complexity index is 597. The van der Waals surface area contributed by atoms with E-state index in [0.717, 1.165) is 30.8 Å². The number of ether oxygens (including phenoxy) is 1. The van der Waals surface area contributed by atoms with Crippen molar-refractivity contribution in [2.24, 2.45) is 17.6 Å². The van der Waals surface area contributed by atoms with E-state index in [-0.39, 0.29) is 18.1 Å². The molecule has 4 rings (SSSR count). The molecule has 1 saturated carbocycles. The van der Waals surface area contributed by atoms with Gasteiger partial charge in [0.05, 0.1) is 0 Å². The van der Waals surface area contributed by atoms with Crippen molar-refractivity contribution < 1.29 is 9.53 Å². The summed E-state index contributed by atoms with van der Waals surface area (Å²) in [7, 11) is 0. The Balaban J connectivity index is 1.47. The molecule has 0 bridgehead atoms. The third-order valence-corrected chi connectivity index (χ3v) is 5.85. The number of fused-ring (bicyclic) bond motifs is 2. The molecule has 4 nitrogen and oxygen atoms in total. The Morgan fingerprint density at radius 1 is 1.23 bits per heavy atom. The summed E-state index contributed by atoms with van der Waals surface area (Å²) in [6.45, 7) is 5.87. The van der Waals surface area contributed by atoms with Crippen molar-refractivity contribution in [1.29, 1.82) is 0 Å². The monoisotopic (exact) mass is 300 g/mol. The number of likely N-dealkylation sites (tertiary alicyclic amines) is 1. The standard InChI is InChI=1S/C18H24N2O2/c1-10-5-13-7-17(22-16(13)6-11(10)2)18(21)20-8-12-3-4-15(19)14(12)9-20/h5-6,12,14-15,17H,3-4,7-9,19H2,1-2H3. The minimum Gasteiger partial charge on any atom is -0.480 e. The fourth-order valence-corrected chi connectivity index (χ4v) is 4.34. The van der Waals surface area contributed by atoms with Crippen LogP contribution in [0.15, 0.2) is 12.1 Å². The average molecular weight is 300 g/mol. The van der Waals surface area contributed by atoms with E-state index in [9.17, 15) is 4.79 Å². The highest BCUT2D eigenvalue weighted by Gasteiger charge is 2.44. The van der Waals surface area contributed by atoms with Crippen LogP contribution in [-0.4, -0.2) is 36.0 Å². The molecular formula is C18H24N2O2. The molecule has 2 fully saturated rings. The normalized spacial score (nSPS) is 32.8. The molecule has 2 N–H and O–H groups in total.